The van der Waals surface area contributed by atoms with Crippen molar-refractivity contribution in [3.8, 4) is 0 Å². The van der Waals surface area contributed by atoms with Gasteiger partial charge >= 0.3 is 0 Å². The van der Waals surface area contributed by atoms with E-state index in [2.05, 4.69) is 36.4 Å². The molecule has 27 heavy (non-hydrogen) atoms. The molecule has 3 nitrogen and oxygen atoms in total. The van der Waals surface area contributed by atoms with Gasteiger partial charge in [0.2, 0.25) is 0 Å². The Kier molecular flexibility index (Phi) is 5.14. The summed E-state index contributed by atoms with van der Waals surface area (Å²) in [5.74, 6) is 0.133. The van der Waals surface area contributed by atoms with Crippen LogP contribution < -0.4 is 0 Å². The molecule has 1 saturated heterocycles. The second-order valence-corrected chi connectivity index (χ2v) is 6.77. The maximum absolute atomic E-state index is 11.6. The summed E-state index contributed by atoms with van der Waals surface area (Å²) in [6, 6.07) is 30.6. The number of hydrogen-bond acceptors (Lipinski definition) is 3. The number of hydrogen-bond donors (Lipinski definition) is 0. The largest absolute Gasteiger partial charge is 0.368 e. The van der Waals surface area contributed by atoms with Crippen molar-refractivity contribution in [2.45, 2.75) is 18.1 Å². The number of rotatable bonds is 6. The Morgan fingerprint density at radius 3 is 1.59 bits per heavy atom. The normalized spacial score (nSPS) is 17.2. The summed E-state index contributed by atoms with van der Waals surface area (Å²) in [5, 5.41) is 0. The summed E-state index contributed by atoms with van der Waals surface area (Å²) in [6.07, 6.45) is 0.210. The van der Waals surface area contributed by atoms with Crippen molar-refractivity contribution in [1.29, 1.82) is 0 Å². The van der Waals surface area contributed by atoms with Crippen LogP contribution in [0.5, 0.6) is 0 Å². The maximum atomic E-state index is 11.6. The van der Waals surface area contributed by atoms with Crippen molar-refractivity contribution in [1.82, 2.24) is 0 Å². The van der Waals surface area contributed by atoms with Crippen LogP contribution in [0.2, 0.25) is 0 Å². The van der Waals surface area contributed by atoms with Crippen LogP contribution in [-0.2, 0) is 19.9 Å². The molecule has 1 aliphatic rings. The van der Waals surface area contributed by atoms with Gasteiger partial charge in [0, 0.05) is 6.42 Å². The van der Waals surface area contributed by atoms with E-state index in [1.165, 1.54) is 0 Å². The first kappa shape index (κ1) is 17.7. The average molecular weight is 358 g/mol. The lowest BCUT2D eigenvalue weighted by molar-refractivity contribution is -0.117. The molecule has 1 unspecified atom stereocenters. The van der Waals surface area contributed by atoms with Crippen LogP contribution in [0.4, 0.5) is 0 Å². The van der Waals surface area contributed by atoms with Crippen molar-refractivity contribution in [2.24, 2.45) is 0 Å². The van der Waals surface area contributed by atoms with Crippen molar-refractivity contribution in [2.75, 3.05) is 13.2 Å². The molecule has 0 bridgehead atoms. The molecule has 3 aromatic carbocycles. The van der Waals surface area contributed by atoms with Gasteiger partial charge in [-0.3, -0.25) is 4.79 Å². The quantitative estimate of drug-likeness (QED) is 0.615. The van der Waals surface area contributed by atoms with E-state index in [1.54, 1.807) is 0 Å². The van der Waals surface area contributed by atoms with Gasteiger partial charge in [0.25, 0.3) is 0 Å². The first-order valence-corrected chi connectivity index (χ1v) is 9.23. The van der Waals surface area contributed by atoms with Gasteiger partial charge < -0.3 is 9.47 Å². The number of ketones is 1. The van der Waals surface area contributed by atoms with E-state index < -0.39 is 5.60 Å². The van der Waals surface area contributed by atoms with E-state index in [0.717, 1.165) is 16.7 Å². The highest BCUT2D eigenvalue weighted by atomic mass is 16.5. The molecule has 0 aliphatic carbocycles. The molecule has 1 heterocycles. The molecule has 136 valence electrons. The number of benzene rings is 3. The zero-order valence-electron chi connectivity index (χ0n) is 15.1. The van der Waals surface area contributed by atoms with E-state index in [0.29, 0.717) is 13.0 Å². The third kappa shape index (κ3) is 3.57. The minimum absolute atomic E-state index is 0.133. The first-order valence-electron chi connectivity index (χ1n) is 9.23. The van der Waals surface area contributed by atoms with E-state index in [9.17, 15) is 4.79 Å². The van der Waals surface area contributed by atoms with Crippen LogP contribution in [-0.4, -0.2) is 25.1 Å². The second-order valence-electron chi connectivity index (χ2n) is 6.77. The van der Waals surface area contributed by atoms with Gasteiger partial charge in [-0.15, -0.1) is 0 Å². The predicted octanol–water partition coefficient (Wildman–Crippen LogP) is 4.35. The van der Waals surface area contributed by atoms with Gasteiger partial charge in [0.1, 0.15) is 12.2 Å². The highest BCUT2D eigenvalue weighted by Gasteiger charge is 2.39. The molecule has 0 radical (unpaired) electrons. The lowest BCUT2D eigenvalue weighted by Gasteiger charge is -2.36. The molecular formula is C24H22O3. The lowest BCUT2D eigenvalue weighted by Crippen LogP contribution is -2.35. The van der Waals surface area contributed by atoms with Gasteiger partial charge in [-0.05, 0) is 16.7 Å². The third-order valence-electron chi connectivity index (χ3n) is 4.96. The van der Waals surface area contributed by atoms with Gasteiger partial charge in [-0.1, -0.05) is 91.0 Å². The second kappa shape index (κ2) is 7.87. The molecule has 0 aromatic heterocycles. The van der Waals surface area contributed by atoms with Crippen LogP contribution >= 0.6 is 0 Å². The Morgan fingerprint density at radius 1 is 0.778 bits per heavy atom. The number of Topliss-reactive ketones (excluding diaryl/α,β-unsaturated/α-hetero) is 1. The molecule has 0 spiro atoms. The van der Waals surface area contributed by atoms with E-state index >= 15 is 0 Å². The third-order valence-corrected chi connectivity index (χ3v) is 4.96. The molecule has 0 saturated carbocycles. The van der Waals surface area contributed by atoms with Crippen LogP contribution in [0, 0.1) is 0 Å². The summed E-state index contributed by atoms with van der Waals surface area (Å²) in [6.45, 7) is 0.535. The van der Waals surface area contributed by atoms with Gasteiger partial charge in [-0.25, -0.2) is 0 Å². The van der Waals surface area contributed by atoms with Crippen molar-refractivity contribution < 1.29 is 14.3 Å². The molecular weight excluding hydrogens is 336 g/mol. The standard InChI is InChI=1S/C24H22O3/c25-22-16-23(26-17-22)18-27-24(19-10-4-1-5-11-19,20-12-6-2-7-13-20)21-14-8-3-9-15-21/h1-15,23H,16-18H2. The summed E-state index contributed by atoms with van der Waals surface area (Å²) >= 11 is 0. The Morgan fingerprint density at radius 2 is 1.22 bits per heavy atom. The van der Waals surface area contributed by atoms with Gasteiger partial charge in [-0.2, -0.15) is 0 Å². The van der Waals surface area contributed by atoms with Crippen molar-refractivity contribution in [3.63, 3.8) is 0 Å². The monoisotopic (exact) mass is 358 g/mol. The SMILES string of the molecule is O=C1COC(COC(c2ccccc2)(c2ccccc2)c2ccccc2)C1. The molecule has 4 rings (SSSR count). The fraction of sp³-hybridized carbons (Fsp3) is 0.208. The number of carbonyl (C=O) groups is 1. The van der Waals surface area contributed by atoms with Crippen LogP contribution in [0.25, 0.3) is 0 Å². The summed E-state index contributed by atoms with van der Waals surface area (Å²) in [5.41, 5.74) is 2.38. The predicted molar refractivity (Wildman–Crippen MR) is 105 cm³/mol. The zero-order chi connectivity index (χ0) is 18.5. The number of ether oxygens (including phenoxy) is 2. The van der Waals surface area contributed by atoms with Gasteiger partial charge in [0.05, 0.1) is 12.7 Å². The molecule has 1 aliphatic heterocycles. The molecule has 1 fully saturated rings. The van der Waals surface area contributed by atoms with Crippen molar-refractivity contribution in [3.05, 3.63) is 108 Å². The van der Waals surface area contributed by atoms with Crippen LogP contribution in [0.3, 0.4) is 0 Å². The maximum Gasteiger partial charge on any atom is 0.161 e. The molecule has 0 N–H and O–H groups in total. The minimum atomic E-state index is -0.765. The summed E-state index contributed by atoms with van der Waals surface area (Å²) < 4.78 is 12.2. The van der Waals surface area contributed by atoms with Crippen LogP contribution in [0.15, 0.2) is 91.0 Å². The first-order chi connectivity index (χ1) is 13.3. The van der Waals surface area contributed by atoms with E-state index in [4.69, 9.17) is 9.47 Å². The zero-order valence-corrected chi connectivity index (χ0v) is 15.1. The molecule has 3 heteroatoms. The average Bonchev–Trinajstić information content (AvgIpc) is 3.16. The fourth-order valence-corrected chi connectivity index (χ4v) is 3.68. The highest BCUT2D eigenvalue weighted by molar-refractivity contribution is 5.81. The number of carbonyl (C=O) groups excluding carboxylic acids is 1. The Hall–Kier alpha value is -2.75. The van der Waals surface area contributed by atoms with E-state index in [1.807, 2.05) is 54.6 Å². The summed E-state index contributed by atoms with van der Waals surface area (Å²) in [7, 11) is 0. The van der Waals surface area contributed by atoms with Crippen molar-refractivity contribution >= 4 is 5.78 Å². The van der Waals surface area contributed by atoms with Gasteiger partial charge in [0.15, 0.2) is 5.78 Å². The van der Waals surface area contributed by atoms with E-state index in [-0.39, 0.29) is 18.5 Å². The molecule has 0 amide bonds. The Balaban J connectivity index is 1.82. The topological polar surface area (TPSA) is 35.5 Å². The lowest BCUT2D eigenvalue weighted by atomic mass is 9.80. The highest BCUT2D eigenvalue weighted by Crippen LogP contribution is 2.40. The fourth-order valence-electron chi connectivity index (χ4n) is 3.68. The smallest absolute Gasteiger partial charge is 0.161 e. The molecule has 3 aromatic rings. The Bertz CT molecular complexity index is 779. The minimum Gasteiger partial charge on any atom is -0.368 e. The molecule has 1 atom stereocenters. The van der Waals surface area contributed by atoms with Crippen LogP contribution in [0.1, 0.15) is 23.1 Å². The Labute approximate surface area is 159 Å². The summed E-state index contributed by atoms with van der Waals surface area (Å²) in [4.78, 5) is 11.6.